The van der Waals surface area contributed by atoms with Gasteiger partial charge in [-0.3, -0.25) is 4.98 Å². The van der Waals surface area contributed by atoms with Crippen molar-refractivity contribution in [2.75, 3.05) is 13.2 Å². The van der Waals surface area contributed by atoms with Gasteiger partial charge in [-0.05, 0) is 42.2 Å². The van der Waals surface area contributed by atoms with Gasteiger partial charge in [0.05, 0.1) is 12.6 Å². The Kier molecular flexibility index (Phi) is 4.37. The van der Waals surface area contributed by atoms with E-state index in [1.165, 1.54) is 22.3 Å². The van der Waals surface area contributed by atoms with Crippen LogP contribution in [0.3, 0.4) is 0 Å². The molecule has 1 unspecified atom stereocenters. The summed E-state index contributed by atoms with van der Waals surface area (Å²) in [4.78, 5) is 9.01. The van der Waals surface area contributed by atoms with E-state index in [1.807, 2.05) is 12.3 Å². The van der Waals surface area contributed by atoms with E-state index in [0.29, 0.717) is 12.6 Å². The highest BCUT2D eigenvalue weighted by Gasteiger charge is 2.18. The molecular weight excluding hydrogens is 274 g/mol. The van der Waals surface area contributed by atoms with Crippen LogP contribution in [0.15, 0.2) is 47.7 Å². The highest BCUT2D eigenvalue weighted by molar-refractivity contribution is 5.75. The first kappa shape index (κ1) is 14.6. The van der Waals surface area contributed by atoms with Gasteiger partial charge >= 0.3 is 0 Å². The number of rotatable bonds is 4. The molecule has 1 atom stereocenters. The van der Waals surface area contributed by atoms with E-state index < -0.39 is 0 Å². The van der Waals surface area contributed by atoms with Gasteiger partial charge in [-0.25, -0.2) is 4.99 Å². The van der Waals surface area contributed by atoms with Crippen LogP contribution in [0, 0.1) is 13.8 Å². The average molecular weight is 295 g/mol. The van der Waals surface area contributed by atoms with Gasteiger partial charge in [0.25, 0.3) is 6.02 Å². The van der Waals surface area contributed by atoms with Crippen molar-refractivity contribution in [3.05, 3.63) is 65.0 Å². The summed E-state index contributed by atoms with van der Waals surface area (Å²) in [6.45, 7) is 5.80. The lowest BCUT2D eigenvalue weighted by Crippen LogP contribution is -2.18. The molecule has 1 fully saturated rings. The highest BCUT2D eigenvalue weighted by atomic mass is 16.5. The summed E-state index contributed by atoms with van der Waals surface area (Å²) in [5.74, 6) is 0. The zero-order valence-corrected chi connectivity index (χ0v) is 13.0. The minimum atomic E-state index is 0.0321. The third kappa shape index (κ3) is 3.27. The number of benzene rings is 1. The van der Waals surface area contributed by atoms with Crippen molar-refractivity contribution < 1.29 is 4.74 Å². The maximum Gasteiger partial charge on any atom is 0.285 e. The molecule has 4 nitrogen and oxygen atoms in total. The van der Waals surface area contributed by atoms with Crippen molar-refractivity contribution in [1.29, 1.82) is 0 Å². The number of aryl methyl sites for hydroxylation is 1. The Morgan fingerprint density at radius 3 is 2.91 bits per heavy atom. The fourth-order valence-electron chi connectivity index (χ4n) is 2.68. The van der Waals surface area contributed by atoms with Crippen LogP contribution in [0.25, 0.3) is 0 Å². The van der Waals surface area contributed by atoms with Crippen LogP contribution in [-0.4, -0.2) is 24.2 Å². The molecule has 1 saturated heterocycles. The van der Waals surface area contributed by atoms with Crippen LogP contribution in [0.4, 0.5) is 0 Å². The maximum atomic E-state index is 5.54. The zero-order chi connectivity index (χ0) is 15.4. The maximum absolute atomic E-state index is 5.54. The van der Waals surface area contributed by atoms with E-state index >= 15 is 0 Å². The number of ether oxygens (including phenoxy) is 1. The van der Waals surface area contributed by atoms with Crippen molar-refractivity contribution in [1.82, 2.24) is 10.3 Å². The number of aliphatic imine (C=N–C) groups is 1. The molecular formula is C18H21N3O. The van der Waals surface area contributed by atoms with Crippen molar-refractivity contribution in [2.24, 2.45) is 4.99 Å². The van der Waals surface area contributed by atoms with Crippen LogP contribution in [0.2, 0.25) is 0 Å². The number of nitrogens with zero attached hydrogens (tertiary/aromatic N) is 2. The number of pyridine rings is 1. The van der Waals surface area contributed by atoms with Crippen molar-refractivity contribution >= 4 is 6.02 Å². The van der Waals surface area contributed by atoms with Crippen LogP contribution in [0.5, 0.6) is 0 Å². The van der Waals surface area contributed by atoms with Gasteiger partial charge in [0, 0.05) is 18.8 Å². The number of hydrogen-bond acceptors (Lipinski definition) is 3. The first-order valence-electron chi connectivity index (χ1n) is 7.63. The van der Waals surface area contributed by atoms with Gasteiger partial charge in [0.1, 0.15) is 6.61 Å². The van der Waals surface area contributed by atoms with Crippen molar-refractivity contribution in [3.63, 3.8) is 0 Å². The summed E-state index contributed by atoms with van der Waals surface area (Å²) in [5.41, 5.74) is 5.00. The summed E-state index contributed by atoms with van der Waals surface area (Å²) in [5, 5.41) is 3.19. The Morgan fingerprint density at radius 1 is 1.27 bits per heavy atom. The molecule has 1 aliphatic rings. The lowest BCUT2D eigenvalue weighted by Gasteiger charge is -2.17. The fraction of sp³-hybridized carbons (Fsp3) is 0.333. The zero-order valence-electron chi connectivity index (χ0n) is 13.0. The van der Waals surface area contributed by atoms with Gasteiger partial charge in [-0.2, -0.15) is 0 Å². The Labute approximate surface area is 131 Å². The number of amidine groups is 1. The van der Waals surface area contributed by atoms with E-state index in [9.17, 15) is 0 Å². The molecule has 1 aromatic heterocycles. The van der Waals surface area contributed by atoms with Gasteiger partial charge < -0.3 is 10.1 Å². The summed E-state index contributed by atoms with van der Waals surface area (Å²) in [6.07, 6.45) is 4.51. The van der Waals surface area contributed by atoms with Gasteiger partial charge in [0.2, 0.25) is 0 Å². The quantitative estimate of drug-likeness (QED) is 0.943. The molecule has 0 spiro atoms. The van der Waals surface area contributed by atoms with E-state index in [2.05, 4.69) is 48.4 Å². The second-order valence-corrected chi connectivity index (χ2v) is 5.58. The molecule has 2 heterocycles. The average Bonchev–Trinajstić information content (AvgIpc) is 3.03. The molecule has 0 saturated carbocycles. The van der Waals surface area contributed by atoms with Gasteiger partial charge in [-0.1, -0.05) is 24.3 Å². The topological polar surface area (TPSA) is 46.5 Å². The predicted octanol–water partition coefficient (Wildman–Crippen LogP) is 2.96. The van der Waals surface area contributed by atoms with Crippen LogP contribution < -0.4 is 5.32 Å². The van der Waals surface area contributed by atoms with E-state index in [-0.39, 0.29) is 6.04 Å². The predicted molar refractivity (Wildman–Crippen MR) is 88.0 cm³/mol. The minimum absolute atomic E-state index is 0.0321. The molecule has 0 bridgehead atoms. The number of nitrogens with one attached hydrogen (secondary N) is 1. The first-order valence-corrected chi connectivity index (χ1v) is 7.63. The van der Waals surface area contributed by atoms with Crippen LogP contribution in [0.1, 0.15) is 28.3 Å². The molecule has 1 aliphatic heterocycles. The standard InChI is InChI=1S/C18H21N3O/c1-13-5-3-7-16(14(13)2)17(21-18-20-9-10-22-18)11-15-6-4-8-19-12-15/h3-8,12,17H,9-11H2,1-2H3,(H,20,21). The van der Waals surface area contributed by atoms with Crippen LogP contribution in [-0.2, 0) is 11.2 Å². The fourth-order valence-corrected chi connectivity index (χ4v) is 2.68. The van der Waals surface area contributed by atoms with Crippen molar-refractivity contribution in [2.45, 2.75) is 26.3 Å². The molecule has 2 aromatic rings. The van der Waals surface area contributed by atoms with E-state index in [0.717, 1.165) is 13.0 Å². The van der Waals surface area contributed by atoms with E-state index in [1.54, 1.807) is 6.20 Å². The summed E-state index contributed by atoms with van der Waals surface area (Å²) < 4.78 is 5.54. The molecule has 0 aliphatic carbocycles. The molecule has 4 heteroatoms. The third-order valence-electron chi connectivity index (χ3n) is 4.05. The van der Waals surface area contributed by atoms with Gasteiger partial charge in [0.15, 0.2) is 0 Å². The molecule has 1 N–H and O–H groups in total. The lowest BCUT2D eigenvalue weighted by atomic mass is 9.94. The second-order valence-electron chi connectivity index (χ2n) is 5.58. The Morgan fingerprint density at radius 2 is 2.18 bits per heavy atom. The summed E-state index contributed by atoms with van der Waals surface area (Å²) in [6, 6.07) is 11.1. The third-order valence-corrected chi connectivity index (χ3v) is 4.05. The lowest BCUT2D eigenvalue weighted by molar-refractivity contribution is 0.348. The van der Waals surface area contributed by atoms with E-state index in [4.69, 9.17) is 9.73 Å². The van der Waals surface area contributed by atoms with Gasteiger partial charge in [-0.15, -0.1) is 0 Å². The number of aromatic nitrogens is 1. The SMILES string of the molecule is Cc1cccc(C(Cc2cccnc2)/N=C2/NCCO2)c1C. The minimum Gasteiger partial charge on any atom is -0.463 e. The first-order chi connectivity index (χ1) is 10.7. The molecule has 1 aromatic carbocycles. The molecule has 22 heavy (non-hydrogen) atoms. The summed E-state index contributed by atoms with van der Waals surface area (Å²) in [7, 11) is 0. The Balaban J connectivity index is 1.95. The smallest absolute Gasteiger partial charge is 0.285 e. The second kappa shape index (κ2) is 6.60. The van der Waals surface area contributed by atoms with Crippen molar-refractivity contribution in [3.8, 4) is 0 Å². The number of hydrogen-bond donors (Lipinski definition) is 1. The highest BCUT2D eigenvalue weighted by Crippen LogP contribution is 2.27. The molecule has 3 rings (SSSR count). The monoisotopic (exact) mass is 295 g/mol. The largest absolute Gasteiger partial charge is 0.463 e. The Hall–Kier alpha value is -2.36. The van der Waals surface area contributed by atoms with Crippen LogP contribution >= 0.6 is 0 Å². The Bertz CT molecular complexity index is 659. The molecule has 0 amide bonds. The molecule has 114 valence electrons. The normalized spacial score (nSPS) is 17.1. The molecule has 0 radical (unpaired) electrons. The summed E-state index contributed by atoms with van der Waals surface area (Å²) >= 11 is 0.